The molecule has 0 fully saturated rings. The Balaban J connectivity index is 2.43. The molecule has 0 spiro atoms. The minimum Gasteiger partial charge on any atom is -0.322 e. The molecule has 1 amide bonds. The largest absolute Gasteiger partial charge is 0.322 e. The molecule has 110 valence electrons. The van der Waals surface area contributed by atoms with Crippen molar-refractivity contribution in [1.82, 2.24) is 0 Å². The quantitative estimate of drug-likeness (QED) is 0.821. The minimum absolute atomic E-state index is 0.0193. The van der Waals surface area contributed by atoms with Crippen LogP contribution in [0.1, 0.15) is 61.0 Å². The molecule has 0 unspecified atom stereocenters. The molecule has 0 heterocycles. The molecule has 0 bridgehead atoms. The molecule has 0 atom stereocenters. The fraction of sp³-hybridized carbons (Fsp3) is 0.316. The van der Waals surface area contributed by atoms with Crippen molar-refractivity contribution in [3.63, 3.8) is 0 Å². The van der Waals surface area contributed by atoms with E-state index in [1.165, 1.54) is 0 Å². The van der Waals surface area contributed by atoms with Crippen LogP contribution in [0.3, 0.4) is 0 Å². The van der Waals surface area contributed by atoms with Crippen molar-refractivity contribution in [2.75, 3.05) is 5.32 Å². The van der Waals surface area contributed by atoms with E-state index in [2.05, 4.69) is 45.1 Å². The van der Waals surface area contributed by atoms with E-state index in [0.29, 0.717) is 11.8 Å². The van der Waals surface area contributed by atoms with Crippen LogP contribution in [0.2, 0.25) is 0 Å². The number of carbonyl (C=O) groups is 1. The lowest BCUT2D eigenvalue weighted by Gasteiger charge is -2.19. The van der Waals surface area contributed by atoms with Gasteiger partial charge in [0.15, 0.2) is 0 Å². The Morgan fingerprint density at radius 2 is 1.33 bits per heavy atom. The number of carbonyl (C=O) groups excluding carboxylic acids is 1. The molecule has 2 aromatic carbocycles. The standard InChI is InChI=1S/C19H23NO/c1-13(2)16-11-8-12-17(14(3)4)18(16)19(21)20-15-9-6-5-7-10-15/h5-14H,1-4H3,(H,20,21). The van der Waals surface area contributed by atoms with Crippen LogP contribution in [0.25, 0.3) is 0 Å². The second-order valence-corrected chi connectivity index (χ2v) is 5.94. The van der Waals surface area contributed by atoms with Gasteiger partial charge in [0, 0.05) is 11.3 Å². The summed E-state index contributed by atoms with van der Waals surface area (Å²) in [5.41, 5.74) is 3.87. The molecule has 2 aromatic rings. The zero-order chi connectivity index (χ0) is 15.4. The van der Waals surface area contributed by atoms with E-state index >= 15 is 0 Å². The van der Waals surface area contributed by atoms with E-state index in [0.717, 1.165) is 22.4 Å². The van der Waals surface area contributed by atoms with E-state index in [1.807, 2.05) is 36.4 Å². The maximum Gasteiger partial charge on any atom is 0.256 e. The summed E-state index contributed by atoms with van der Waals surface area (Å²) in [6.07, 6.45) is 0. The summed E-state index contributed by atoms with van der Waals surface area (Å²) in [6, 6.07) is 15.8. The topological polar surface area (TPSA) is 29.1 Å². The van der Waals surface area contributed by atoms with Crippen LogP contribution in [0.15, 0.2) is 48.5 Å². The van der Waals surface area contributed by atoms with Gasteiger partial charge in [-0.2, -0.15) is 0 Å². The van der Waals surface area contributed by atoms with Gasteiger partial charge in [0.2, 0.25) is 0 Å². The molecule has 0 saturated heterocycles. The Kier molecular flexibility index (Phi) is 4.79. The number of amides is 1. The number of hydrogen-bond acceptors (Lipinski definition) is 1. The first-order valence-electron chi connectivity index (χ1n) is 7.50. The first kappa shape index (κ1) is 15.3. The second kappa shape index (κ2) is 6.57. The van der Waals surface area contributed by atoms with Gasteiger partial charge in [-0.25, -0.2) is 0 Å². The third kappa shape index (κ3) is 3.52. The zero-order valence-electron chi connectivity index (χ0n) is 13.2. The lowest BCUT2D eigenvalue weighted by atomic mass is 9.88. The van der Waals surface area contributed by atoms with Crippen LogP contribution in [0.5, 0.6) is 0 Å². The first-order chi connectivity index (χ1) is 10.0. The van der Waals surface area contributed by atoms with Crippen LogP contribution in [-0.2, 0) is 0 Å². The van der Waals surface area contributed by atoms with Gasteiger partial charge in [-0.3, -0.25) is 4.79 Å². The van der Waals surface area contributed by atoms with Crippen molar-refractivity contribution in [1.29, 1.82) is 0 Å². The van der Waals surface area contributed by atoms with E-state index in [-0.39, 0.29) is 5.91 Å². The SMILES string of the molecule is CC(C)c1cccc(C(C)C)c1C(=O)Nc1ccccc1. The van der Waals surface area contributed by atoms with E-state index in [9.17, 15) is 4.79 Å². The Hall–Kier alpha value is -2.09. The number of anilines is 1. The predicted molar refractivity (Wildman–Crippen MR) is 89.0 cm³/mol. The average Bonchev–Trinajstić information content (AvgIpc) is 2.47. The van der Waals surface area contributed by atoms with E-state index in [1.54, 1.807) is 0 Å². The maximum absolute atomic E-state index is 12.8. The fourth-order valence-electron chi connectivity index (χ4n) is 2.53. The molecule has 0 aliphatic rings. The number of hydrogen-bond donors (Lipinski definition) is 1. The average molecular weight is 281 g/mol. The van der Waals surface area contributed by atoms with E-state index < -0.39 is 0 Å². The van der Waals surface area contributed by atoms with Gasteiger partial charge in [-0.1, -0.05) is 64.1 Å². The van der Waals surface area contributed by atoms with Crippen LogP contribution in [-0.4, -0.2) is 5.91 Å². The monoisotopic (exact) mass is 281 g/mol. The number of rotatable bonds is 4. The molecule has 0 saturated carbocycles. The van der Waals surface area contributed by atoms with Crippen LogP contribution >= 0.6 is 0 Å². The molecule has 0 aromatic heterocycles. The van der Waals surface area contributed by atoms with Crippen molar-refractivity contribution in [2.45, 2.75) is 39.5 Å². The molecule has 2 rings (SSSR count). The molecular formula is C19H23NO. The third-order valence-corrected chi connectivity index (χ3v) is 3.63. The molecule has 2 nitrogen and oxygen atoms in total. The summed E-state index contributed by atoms with van der Waals surface area (Å²) in [5.74, 6) is 0.620. The Morgan fingerprint density at radius 1 is 0.810 bits per heavy atom. The van der Waals surface area contributed by atoms with Gasteiger partial charge in [-0.15, -0.1) is 0 Å². The highest BCUT2D eigenvalue weighted by molar-refractivity contribution is 6.06. The number of para-hydroxylation sites is 1. The highest BCUT2D eigenvalue weighted by Crippen LogP contribution is 2.28. The van der Waals surface area contributed by atoms with Crippen LogP contribution < -0.4 is 5.32 Å². The molecular weight excluding hydrogens is 258 g/mol. The van der Waals surface area contributed by atoms with Gasteiger partial charge >= 0.3 is 0 Å². The van der Waals surface area contributed by atoms with Gasteiger partial charge in [0.25, 0.3) is 5.91 Å². The Bertz CT molecular complexity index is 588. The van der Waals surface area contributed by atoms with Crippen molar-refractivity contribution in [3.8, 4) is 0 Å². The van der Waals surface area contributed by atoms with Crippen LogP contribution in [0.4, 0.5) is 5.69 Å². The lowest BCUT2D eigenvalue weighted by Crippen LogP contribution is -2.18. The number of benzene rings is 2. The summed E-state index contributed by atoms with van der Waals surface area (Å²) in [6.45, 7) is 8.49. The second-order valence-electron chi connectivity index (χ2n) is 5.94. The highest BCUT2D eigenvalue weighted by Gasteiger charge is 2.19. The van der Waals surface area contributed by atoms with E-state index in [4.69, 9.17) is 0 Å². The summed E-state index contributed by atoms with van der Waals surface area (Å²) >= 11 is 0. The van der Waals surface area contributed by atoms with Gasteiger partial charge < -0.3 is 5.32 Å². The summed E-state index contributed by atoms with van der Waals surface area (Å²) in [4.78, 5) is 12.8. The highest BCUT2D eigenvalue weighted by atomic mass is 16.1. The van der Waals surface area contributed by atoms with Crippen LogP contribution in [0, 0.1) is 0 Å². The van der Waals surface area contributed by atoms with Crippen molar-refractivity contribution < 1.29 is 4.79 Å². The van der Waals surface area contributed by atoms with Crippen molar-refractivity contribution >= 4 is 11.6 Å². The Labute approximate surface area is 127 Å². The lowest BCUT2D eigenvalue weighted by molar-refractivity contribution is 0.102. The molecule has 0 radical (unpaired) electrons. The fourth-order valence-corrected chi connectivity index (χ4v) is 2.53. The minimum atomic E-state index is -0.0193. The maximum atomic E-state index is 12.8. The summed E-state index contributed by atoms with van der Waals surface area (Å²) < 4.78 is 0. The number of nitrogens with one attached hydrogen (secondary N) is 1. The molecule has 0 aliphatic carbocycles. The van der Waals surface area contributed by atoms with Gasteiger partial charge in [0.05, 0.1) is 0 Å². The summed E-state index contributed by atoms with van der Waals surface area (Å²) in [5, 5.41) is 3.01. The van der Waals surface area contributed by atoms with Crippen molar-refractivity contribution in [3.05, 3.63) is 65.2 Å². The normalized spacial score (nSPS) is 11.0. The molecule has 1 N–H and O–H groups in total. The summed E-state index contributed by atoms with van der Waals surface area (Å²) in [7, 11) is 0. The predicted octanol–water partition coefficient (Wildman–Crippen LogP) is 5.19. The molecule has 2 heteroatoms. The Morgan fingerprint density at radius 3 is 1.81 bits per heavy atom. The molecule has 0 aliphatic heterocycles. The third-order valence-electron chi connectivity index (χ3n) is 3.63. The van der Waals surface area contributed by atoms with Crippen molar-refractivity contribution in [2.24, 2.45) is 0 Å². The van der Waals surface area contributed by atoms with Gasteiger partial charge in [0.1, 0.15) is 0 Å². The smallest absolute Gasteiger partial charge is 0.256 e. The van der Waals surface area contributed by atoms with Gasteiger partial charge in [-0.05, 0) is 35.1 Å². The first-order valence-corrected chi connectivity index (χ1v) is 7.50. The molecule has 21 heavy (non-hydrogen) atoms. The zero-order valence-corrected chi connectivity index (χ0v) is 13.2.